The van der Waals surface area contributed by atoms with Crippen LogP contribution < -0.4 is 5.32 Å². The van der Waals surface area contributed by atoms with Gasteiger partial charge in [0.2, 0.25) is 5.91 Å². The van der Waals surface area contributed by atoms with E-state index in [1.807, 2.05) is 24.3 Å². The second-order valence-electron chi connectivity index (χ2n) is 6.51. The minimum absolute atomic E-state index is 0.0126. The standard InChI is InChI=1S/C21H16ClFN2O3/c22-15-7-8-17(16(23)11-15)24-20(26)18-10-13-4-1-2-5-14(13)12-25(18)21(27)19-6-3-9-28-19/h1-9,11,18H,10,12H2,(H,24,26). The van der Waals surface area contributed by atoms with Crippen LogP contribution in [0.4, 0.5) is 10.1 Å². The zero-order chi connectivity index (χ0) is 19.7. The Balaban J connectivity index is 1.65. The van der Waals surface area contributed by atoms with Crippen LogP contribution in [0.15, 0.2) is 65.3 Å². The lowest BCUT2D eigenvalue weighted by Gasteiger charge is -2.35. The fourth-order valence-corrected chi connectivity index (χ4v) is 3.48. The topological polar surface area (TPSA) is 62.6 Å². The van der Waals surface area contributed by atoms with Gasteiger partial charge in [-0.3, -0.25) is 9.59 Å². The first-order valence-corrected chi connectivity index (χ1v) is 9.08. The van der Waals surface area contributed by atoms with E-state index >= 15 is 0 Å². The van der Waals surface area contributed by atoms with Crippen LogP contribution in [0, 0.1) is 5.82 Å². The molecule has 1 aliphatic heterocycles. The number of halogens is 2. The monoisotopic (exact) mass is 398 g/mol. The third-order valence-corrected chi connectivity index (χ3v) is 4.97. The quantitative estimate of drug-likeness (QED) is 0.716. The fourth-order valence-electron chi connectivity index (χ4n) is 3.32. The Hall–Kier alpha value is -3.12. The Labute approximate surface area is 165 Å². The molecule has 1 atom stereocenters. The normalized spacial score (nSPS) is 15.8. The average molecular weight is 399 g/mol. The van der Waals surface area contributed by atoms with Crippen molar-refractivity contribution >= 4 is 29.1 Å². The molecule has 0 saturated heterocycles. The number of rotatable bonds is 3. The van der Waals surface area contributed by atoms with Gasteiger partial charge in [0.15, 0.2) is 5.76 Å². The number of nitrogens with one attached hydrogen (secondary N) is 1. The summed E-state index contributed by atoms with van der Waals surface area (Å²) in [4.78, 5) is 27.3. The number of furan rings is 1. The van der Waals surface area contributed by atoms with Gasteiger partial charge in [-0.2, -0.15) is 0 Å². The zero-order valence-corrected chi connectivity index (χ0v) is 15.4. The van der Waals surface area contributed by atoms with Crippen molar-refractivity contribution < 1.29 is 18.4 Å². The number of hydrogen-bond acceptors (Lipinski definition) is 3. The highest BCUT2D eigenvalue weighted by Crippen LogP contribution is 2.27. The van der Waals surface area contributed by atoms with E-state index in [9.17, 15) is 14.0 Å². The highest BCUT2D eigenvalue weighted by atomic mass is 35.5. The maximum atomic E-state index is 14.1. The first-order valence-electron chi connectivity index (χ1n) is 8.70. The molecular weight excluding hydrogens is 383 g/mol. The van der Waals surface area contributed by atoms with Crippen LogP contribution in [-0.4, -0.2) is 22.8 Å². The number of carbonyl (C=O) groups is 2. The van der Waals surface area contributed by atoms with Gasteiger partial charge in [0.1, 0.15) is 11.9 Å². The molecule has 2 heterocycles. The minimum Gasteiger partial charge on any atom is -0.459 e. The van der Waals surface area contributed by atoms with Crippen LogP contribution in [-0.2, 0) is 17.8 Å². The van der Waals surface area contributed by atoms with E-state index in [4.69, 9.17) is 16.0 Å². The van der Waals surface area contributed by atoms with Crippen molar-refractivity contribution in [2.45, 2.75) is 19.0 Å². The van der Waals surface area contributed by atoms with E-state index in [1.165, 1.54) is 23.3 Å². The van der Waals surface area contributed by atoms with Crippen LogP contribution in [0.5, 0.6) is 0 Å². The Morgan fingerprint density at radius 1 is 1.11 bits per heavy atom. The second kappa shape index (κ2) is 7.48. The minimum atomic E-state index is -0.803. The summed E-state index contributed by atoms with van der Waals surface area (Å²) in [6.07, 6.45) is 1.73. The summed E-state index contributed by atoms with van der Waals surface area (Å²) < 4.78 is 19.3. The molecule has 0 radical (unpaired) electrons. The van der Waals surface area contributed by atoms with Crippen molar-refractivity contribution in [1.29, 1.82) is 0 Å². The number of carbonyl (C=O) groups excluding carboxylic acids is 2. The first-order chi connectivity index (χ1) is 13.5. The van der Waals surface area contributed by atoms with E-state index < -0.39 is 23.7 Å². The van der Waals surface area contributed by atoms with Crippen molar-refractivity contribution in [1.82, 2.24) is 4.90 Å². The molecule has 2 amide bonds. The van der Waals surface area contributed by atoms with Crippen LogP contribution in [0.25, 0.3) is 0 Å². The zero-order valence-electron chi connectivity index (χ0n) is 14.7. The summed E-state index contributed by atoms with van der Waals surface area (Å²) >= 11 is 5.76. The number of hydrogen-bond donors (Lipinski definition) is 1. The third kappa shape index (κ3) is 3.51. The number of benzene rings is 2. The number of nitrogens with zero attached hydrogens (tertiary/aromatic N) is 1. The molecule has 1 aliphatic rings. The van der Waals surface area contributed by atoms with Crippen molar-refractivity contribution in [2.75, 3.05) is 5.32 Å². The second-order valence-corrected chi connectivity index (χ2v) is 6.95. The van der Waals surface area contributed by atoms with Gasteiger partial charge in [0.25, 0.3) is 5.91 Å². The van der Waals surface area contributed by atoms with E-state index in [1.54, 1.807) is 12.1 Å². The van der Waals surface area contributed by atoms with Gasteiger partial charge >= 0.3 is 0 Å². The molecule has 3 aromatic rings. The maximum Gasteiger partial charge on any atom is 0.290 e. The molecule has 0 spiro atoms. The largest absolute Gasteiger partial charge is 0.459 e. The number of fused-ring (bicyclic) bond motifs is 1. The Morgan fingerprint density at radius 3 is 2.61 bits per heavy atom. The molecule has 5 nitrogen and oxygen atoms in total. The average Bonchev–Trinajstić information content (AvgIpc) is 3.23. The number of amides is 2. The highest BCUT2D eigenvalue weighted by molar-refractivity contribution is 6.30. The molecule has 0 saturated carbocycles. The summed E-state index contributed by atoms with van der Waals surface area (Å²) in [5.41, 5.74) is 1.95. The van der Waals surface area contributed by atoms with Gasteiger partial charge in [0, 0.05) is 18.0 Å². The van der Waals surface area contributed by atoms with E-state index in [0.717, 1.165) is 17.2 Å². The van der Waals surface area contributed by atoms with Crippen LogP contribution in [0.1, 0.15) is 21.7 Å². The molecule has 7 heteroatoms. The molecule has 1 unspecified atom stereocenters. The molecule has 1 aromatic heterocycles. The van der Waals surface area contributed by atoms with Gasteiger partial charge in [-0.1, -0.05) is 35.9 Å². The van der Waals surface area contributed by atoms with Crippen molar-refractivity contribution in [3.63, 3.8) is 0 Å². The predicted molar refractivity (Wildman–Crippen MR) is 103 cm³/mol. The molecular formula is C21H16ClFN2O3. The van der Waals surface area contributed by atoms with Crippen molar-refractivity contribution in [2.24, 2.45) is 0 Å². The number of anilines is 1. The van der Waals surface area contributed by atoms with Crippen LogP contribution in [0.2, 0.25) is 5.02 Å². The first kappa shape index (κ1) is 18.3. The molecule has 28 heavy (non-hydrogen) atoms. The van der Waals surface area contributed by atoms with Gasteiger partial charge in [-0.25, -0.2) is 4.39 Å². The lowest BCUT2D eigenvalue weighted by atomic mass is 9.93. The van der Waals surface area contributed by atoms with Gasteiger partial charge < -0.3 is 14.6 Å². The van der Waals surface area contributed by atoms with Crippen LogP contribution >= 0.6 is 11.6 Å². The molecule has 1 N–H and O–H groups in total. The smallest absolute Gasteiger partial charge is 0.290 e. The SMILES string of the molecule is O=C(Nc1ccc(Cl)cc1F)C1Cc2ccccc2CN1C(=O)c1ccco1. The molecule has 4 rings (SSSR count). The van der Waals surface area contributed by atoms with Gasteiger partial charge in [0.05, 0.1) is 12.0 Å². The molecule has 0 bridgehead atoms. The molecule has 142 valence electrons. The van der Waals surface area contributed by atoms with Crippen LogP contribution in [0.3, 0.4) is 0 Å². The summed E-state index contributed by atoms with van der Waals surface area (Å²) in [7, 11) is 0. The Morgan fingerprint density at radius 2 is 1.89 bits per heavy atom. The lowest BCUT2D eigenvalue weighted by Crippen LogP contribution is -2.50. The third-order valence-electron chi connectivity index (χ3n) is 4.73. The predicted octanol–water partition coefficient (Wildman–Crippen LogP) is 4.28. The molecule has 0 fully saturated rings. The van der Waals surface area contributed by atoms with E-state index in [0.29, 0.717) is 6.42 Å². The highest BCUT2D eigenvalue weighted by Gasteiger charge is 2.36. The maximum absolute atomic E-state index is 14.1. The summed E-state index contributed by atoms with van der Waals surface area (Å²) in [5.74, 6) is -1.36. The fraction of sp³-hybridized carbons (Fsp3) is 0.143. The summed E-state index contributed by atoms with van der Waals surface area (Å²) in [6, 6.07) is 14.0. The van der Waals surface area contributed by atoms with Crippen molar-refractivity contribution in [3.05, 3.63) is 88.6 Å². The van der Waals surface area contributed by atoms with E-state index in [2.05, 4.69) is 5.32 Å². The Kier molecular flexibility index (Phi) is 4.88. The summed E-state index contributed by atoms with van der Waals surface area (Å²) in [5, 5.41) is 2.80. The van der Waals surface area contributed by atoms with E-state index in [-0.39, 0.29) is 23.0 Å². The van der Waals surface area contributed by atoms with Gasteiger partial charge in [-0.05, 0) is 41.5 Å². The Bertz CT molecular complexity index is 1040. The van der Waals surface area contributed by atoms with Gasteiger partial charge in [-0.15, -0.1) is 0 Å². The molecule has 0 aliphatic carbocycles. The summed E-state index contributed by atoms with van der Waals surface area (Å²) in [6.45, 7) is 0.261. The lowest BCUT2D eigenvalue weighted by molar-refractivity contribution is -0.121. The molecule has 2 aromatic carbocycles. The van der Waals surface area contributed by atoms with Crippen molar-refractivity contribution in [3.8, 4) is 0 Å².